The van der Waals surface area contributed by atoms with Crippen molar-refractivity contribution in [1.82, 2.24) is 5.32 Å². The molecule has 23 heavy (non-hydrogen) atoms. The maximum atomic E-state index is 6.03. The Bertz CT molecular complexity index is 676. The molecule has 0 fully saturated rings. The first kappa shape index (κ1) is 18.1. The topological polar surface area (TPSA) is 59.6 Å². The predicted molar refractivity (Wildman–Crippen MR) is 107 cm³/mol. The van der Waals surface area contributed by atoms with Gasteiger partial charge in [0.25, 0.3) is 0 Å². The fourth-order valence-electron chi connectivity index (χ4n) is 2.48. The number of aliphatic imine (C=N–C) groups is 1. The Labute approximate surface area is 161 Å². The zero-order chi connectivity index (χ0) is 15.4. The number of guanidine groups is 1. The minimum Gasteiger partial charge on any atom is -0.493 e. The number of nitrogens with one attached hydrogen (secondary N) is 1. The van der Waals surface area contributed by atoms with Crippen molar-refractivity contribution in [2.24, 2.45) is 10.7 Å². The van der Waals surface area contributed by atoms with E-state index in [1.165, 1.54) is 0 Å². The molecule has 0 aromatic heterocycles. The van der Waals surface area contributed by atoms with Gasteiger partial charge < -0.3 is 15.8 Å². The highest BCUT2D eigenvalue weighted by molar-refractivity contribution is 14.0. The number of benzene rings is 2. The average molecular weight is 488 g/mol. The SMILES string of the molecule is I.NC(=NCc1ccc(Br)cc1)NC1CCOc2ccccc21. The smallest absolute Gasteiger partial charge is 0.189 e. The molecular weight excluding hydrogens is 469 g/mol. The van der Waals surface area contributed by atoms with Gasteiger partial charge in [0.05, 0.1) is 19.2 Å². The molecule has 0 bridgehead atoms. The van der Waals surface area contributed by atoms with E-state index in [9.17, 15) is 0 Å². The van der Waals surface area contributed by atoms with Crippen LogP contribution in [0.1, 0.15) is 23.6 Å². The third-order valence-corrected chi connectivity index (χ3v) is 4.15. The fourth-order valence-corrected chi connectivity index (χ4v) is 2.75. The molecule has 1 atom stereocenters. The Morgan fingerprint density at radius 1 is 1.22 bits per heavy atom. The van der Waals surface area contributed by atoms with Crippen LogP contribution in [0.4, 0.5) is 0 Å². The highest BCUT2D eigenvalue weighted by Gasteiger charge is 2.21. The quantitative estimate of drug-likeness (QED) is 0.391. The first-order chi connectivity index (χ1) is 10.7. The Morgan fingerprint density at radius 2 is 1.96 bits per heavy atom. The van der Waals surface area contributed by atoms with Crippen molar-refractivity contribution in [1.29, 1.82) is 0 Å². The Morgan fingerprint density at radius 3 is 2.74 bits per heavy atom. The van der Waals surface area contributed by atoms with E-state index in [1.807, 2.05) is 42.5 Å². The van der Waals surface area contributed by atoms with Crippen LogP contribution in [-0.2, 0) is 6.54 Å². The first-order valence-corrected chi connectivity index (χ1v) is 8.04. The van der Waals surface area contributed by atoms with E-state index in [1.54, 1.807) is 0 Å². The normalized spacial score (nSPS) is 16.7. The summed E-state index contributed by atoms with van der Waals surface area (Å²) in [6.07, 6.45) is 0.880. The van der Waals surface area contributed by atoms with Crippen LogP contribution in [0, 0.1) is 0 Å². The molecule has 6 heteroatoms. The molecule has 0 saturated heterocycles. The second-order valence-corrected chi connectivity index (χ2v) is 6.12. The standard InChI is InChI=1S/C17H18BrN3O.HI/c18-13-7-5-12(6-8-13)11-20-17(19)21-15-9-10-22-16-4-2-1-3-14(15)16;/h1-8,15H,9-11H2,(H3,19,20,21);1H. The van der Waals surface area contributed by atoms with Crippen molar-refractivity contribution in [3.05, 3.63) is 64.1 Å². The molecule has 1 aliphatic rings. The van der Waals surface area contributed by atoms with E-state index < -0.39 is 0 Å². The Balaban J connectivity index is 0.00000192. The van der Waals surface area contributed by atoms with Gasteiger partial charge in [-0.25, -0.2) is 4.99 Å². The van der Waals surface area contributed by atoms with Gasteiger partial charge in [-0.05, 0) is 23.8 Å². The van der Waals surface area contributed by atoms with Crippen LogP contribution in [-0.4, -0.2) is 12.6 Å². The molecule has 3 N–H and O–H groups in total. The number of hydrogen-bond acceptors (Lipinski definition) is 2. The summed E-state index contributed by atoms with van der Waals surface area (Å²) in [4.78, 5) is 4.42. The summed E-state index contributed by atoms with van der Waals surface area (Å²) < 4.78 is 6.71. The number of hydrogen-bond donors (Lipinski definition) is 2. The van der Waals surface area contributed by atoms with Crippen LogP contribution in [0.5, 0.6) is 5.75 Å². The number of ether oxygens (including phenoxy) is 1. The molecule has 0 aliphatic carbocycles. The number of rotatable bonds is 3. The predicted octanol–water partition coefficient (Wildman–Crippen LogP) is 4.00. The monoisotopic (exact) mass is 487 g/mol. The third kappa shape index (κ3) is 4.84. The van der Waals surface area contributed by atoms with Crippen LogP contribution in [0.2, 0.25) is 0 Å². The summed E-state index contributed by atoms with van der Waals surface area (Å²) in [6.45, 7) is 1.26. The van der Waals surface area contributed by atoms with Crippen LogP contribution in [0.3, 0.4) is 0 Å². The highest BCUT2D eigenvalue weighted by atomic mass is 127. The van der Waals surface area contributed by atoms with Crippen molar-refractivity contribution in [2.45, 2.75) is 19.0 Å². The second kappa shape index (κ2) is 8.54. The minimum atomic E-state index is 0. The summed E-state index contributed by atoms with van der Waals surface area (Å²) in [5.74, 6) is 1.39. The molecule has 0 radical (unpaired) electrons. The first-order valence-electron chi connectivity index (χ1n) is 7.25. The summed E-state index contributed by atoms with van der Waals surface area (Å²) in [7, 11) is 0. The number of nitrogens with two attached hydrogens (primary N) is 1. The Hall–Kier alpha value is -1.28. The summed E-state index contributed by atoms with van der Waals surface area (Å²) in [5, 5.41) is 3.30. The average Bonchev–Trinajstić information content (AvgIpc) is 2.55. The van der Waals surface area contributed by atoms with E-state index in [-0.39, 0.29) is 30.0 Å². The fraction of sp³-hybridized carbons (Fsp3) is 0.235. The zero-order valence-electron chi connectivity index (χ0n) is 12.5. The van der Waals surface area contributed by atoms with Gasteiger partial charge in [0.2, 0.25) is 0 Å². The molecule has 122 valence electrons. The van der Waals surface area contributed by atoms with Gasteiger partial charge in [-0.15, -0.1) is 24.0 Å². The van der Waals surface area contributed by atoms with Gasteiger partial charge in [-0.3, -0.25) is 0 Å². The van der Waals surface area contributed by atoms with Crippen LogP contribution < -0.4 is 15.8 Å². The molecule has 3 rings (SSSR count). The number of para-hydroxylation sites is 1. The lowest BCUT2D eigenvalue weighted by molar-refractivity contribution is 0.262. The molecule has 4 nitrogen and oxygen atoms in total. The molecule has 1 aliphatic heterocycles. The summed E-state index contributed by atoms with van der Waals surface area (Å²) >= 11 is 3.42. The van der Waals surface area contributed by atoms with Crippen molar-refractivity contribution in [2.75, 3.05) is 6.61 Å². The van der Waals surface area contributed by atoms with Crippen molar-refractivity contribution in [3.8, 4) is 5.75 Å². The maximum absolute atomic E-state index is 6.03. The lowest BCUT2D eigenvalue weighted by Crippen LogP contribution is -2.37. The lowest BCUT2D eigenvalue weighted by Gasteiger charge is -2.26. The molecule has 0 spiro atoms. The van der Waals surface area contributed by atoms with Gasteiger partial charge in [-0.2, -0.15) is 0 Å². The molecule has 1 unspecified atom stereocenters. The van der Waals surface area contributed by atoms with E-state index in [2.05, 4.69) is 32.3 Å². The minimum absolute atomic E-state index is 0. The zero-order valence-corrected chi connectivity index (χ0v) is 16.5. The van der Waals surface area contributed by atoms with Gasteiger partial charge in [0, 0.05) is 16.5 Å². The third-order valence-electron chi connectivity index (χ3n) is 3.63. The number of nitrogens with zero attached hydrogens (tertiary/aromatic N) is 1. The molecule has 0 amide bonds. The van der Waals surface area contributed by atoms with Gasteiger partial charge in [-0.1, -0.05) is 46.3 Å². The second-order valence-electron chi connectivity index (χ2n) is 5.20. The van der Waals surface area contributed by atoms with Crippen LogP contribution in [0.15, 0.2) is 58.0 Å². The molecule has 2 aromatic rings. The van der Waals surface area contributed by atoms with Crippen molar-refractivity contribution < 1.29 is 4.74 Å². The lowest BCUT2D eigenvalue weighted by atomic mass is 10.0. The summed E-state index contributed by atoms with van der Waals surface area (Å²) in [6, 6.07) is 16.3. The number of halogens is 2. The van der Waals surface area contributed by atoms with Gasteiger partial charge >= 0.3 is 0 Å². The van der Waals surface area contributed by atoms with Gasteiger partial charge in [0.15, 0.2) is 5.96 Å². The maximum Gasteiger partial charge on any atom is 0.189 e. The van der Waals surface area contributed by atoms with Crippen LogP contribution in [0.25, 0.3) is 0 Å². The largest absolute Gasteiger partial charge is 0.493 e. The highest BCUT2D eigenvalue weighted by Crippen LogP contribution is 2.31. The van der Waals surface area contributed by atoms with E-state index >= 15 is 0 Å². The van der Waals surface area contributed by atoms with E-state index in [0.29, 0.717) is 19.1 Å². The molecule has 2 aromatic carbocycles. The Kier molecular flexibility index (Phi) is 6.71. The van der Waals surface area contributed by atoms with Gasteiger partial charge in [0.1, 0.15) is 5.75 Å². The van der Waals surface area contributed by atoms with E-state index in [4.69, 9.17) is 10.5 Å². The molecular formula is C17H19BrIN3O. The van der Waals surface area contributed by atoms with E-state index in [0.717, 1.165) is 27.8 Å². The van der Waals surface area contributed by atoms with Crippen LogP contribution >= 0.6 is 39.9 Å². The summed E-state index contributed by atoms with van der Waals surface area (Å²) in [5.41, 5.74) is 8.29. The number of fused-ring (bicyclic) bond motifs is 1. The molecule has 0 saturated carbocycles. The molecule has 1 heterocycles. The van der Waals surface area contributed by atoms with Crippen molar-refractivity contribution in [3.63, 3.8) is 0 Å². The van der Waals surface area contributed by atoms with Crippen molar-refractivity contribution >= 4 is 45.9 Å².